The van der Waals surface area contributed by atoms with Gasteiger partial charge in [-0.05, 0) is 42.9 Å². The molecule has 1 unspecified atom stereocenters. The lowest BCUT2D eigenvalue weighted by atomic mass is 9.97. The Morgan fingerprint density at radius 1 is 1.43 bits per heavy atom. The average Bonchev–Trinajstić information content (AvgIpc) is 2.07. The van der Waals surface area contributed by atoms with Crippen LogP contribution in [0.4, 0.5) is 0 Å². The molecule has 14 heavy (non-hydrogen) atoms. The van der Waals surface area contributed by atoms with Gasteiger partial charge in [0, 0.05) is 18.4 Å². The van der Waals surface area contributed by atoms with Crippen molar-refractivity contribution in [1.29, 1.82) is 0 Å². The first-order valence-electron chi connectivity index (χ1n) is 5.24. The van der Waals surface area contributed by atoms with Gasteiger partial charge in [0.1, 0.15) is 0 Å². The van der Waals surface area contributed by atoms with E-state index in [0.29, 0.717) is 5.92 Å². The SMILES string of the molecule is Cc1ccncc1CC(N)CC(C)C. The monoisotopic (exact) mass is 192 g/mol. The molecule has 0 aromatic carbocycles. The zero-order valence-electron chi connectivity index (χ0n) is 9.33. The van der Waals surface area contributed by atoms with E-state index in [-0.39, 0.29) is 6.04 Å². The number of pyridine rings is 1. The number of rotatable bonds is 4. The van der Waals surface area contributed by atoms with Crippen molar-refractivity contribution in [2.45, 2.75) is 39.7 Å². The summed E-state index contributed by atoms with van der Waals surface area (Å²) in [6, 6.07) is 2.30. The van der Waals surface area contributed by atoms with Gasteiger partial charge >= 0.3 is 0 Å². The van der Waals surface area contributed by atoms with Crippen molar-refractivity contribution in [3.05, 3.63) is 29.6 Å². The smallest absolute Gasteiger partial charge is 0.0303 e. The molecule has 1 heterocycles. The Bertz CT molecular complexity index is 281. The number of nitrogens with two attached hydrogens (primary N) is 1. The summed E-state index contributed by atoms with van der Waals surface area (Å²) in [4.78, 5) is 4.12. The van der Waals surface area contributed by atoms with E-state index < -0.39 is 0 Å². The highest BCUT2D eigenvalue weighted by Crippen LogP contribution is 2.11. The molecule has 0 spiro atoms. The minimum atomic E-state index is 0.262. The van der Waals surface area contributed by atoms with Gasteiger partial charge in [0.15, 0.2) is 0 Å². The molecular weight excluding hydrogens is 172 g/mol. The molecule has 0 radical (unpaired) electrons. The highest BCUT2D eigenvalue weighted by Gasteiger charge is 2.07. The number of aryl methyl sites for hydroxylation is 1. The van der Waals surface area contributed by atoms with Crippen molar-refractivity contribution in [2.75, 3.05) is 0 Å². The van der Waals surface area contributed by atoms with Crippen molar-refractivity contribution in [1.82, 2.24) is 4.98 Å². The molecule has 2 N–H and O–H groups in total. The van der Waals surface area contributed by atoms with E-state index in [2.05, 4.69) is 25.8 Å². The van der Waals surface area contributed by atoms with Gasteiger partial charge in [-0.15, -0.1) is 0 Å². The van der Waals surface area contributed by atoms with Crippen molar-refractivity contribution in [2.24, 2.45) is 11.7 Å². The summed E-state index contributed by atoms with van der Waals surface area (Å²) >= 11 is 0. The molecule has 0 saturated carbocycles. The van der Waals surface area contributed by atoms with Gasteiger partial charge in [-0.2, -0.15) is 0 Å². The summed E-state index contributed by atoms with van der Waals surface area (Å²) in [5, 5.41) is 0. The Hall–Kier alpha value is -0.890. The summed E-state index contributed by atoms with van der Waals surface area (Å²) in [6.07, 6.45) is 5.77. The Morgan fingerprint density at radius 2 is 2.14 bits per heavy atom. The second-order valence-corrected chi connectivity index (χ2v) is 4.40. The predicted molar refractivity (Wildman–Crippen MR) is 60.1 cm³/mol. The molecule has 1 aromatic heterocycles. The Labute approximate surface area is 86.5 Å². The third kappa shape index (κ3) is 3.46. The molecule has 2 nitrogen and oxygen atoms in total. The van der Waals surface area contributed by atoms with Crippen LogP contribution in [-0.2, 0) is 6.42 Å². The normalized spacial score (nSPS) is 13.2. The molecule has 0 aliphatic carbocycles. The van der Waals surface area contributed by atoms with E-state index in [0.717, 1.165) is 12.8 Å². The Kier molecular flexibility index (Phi) is 4.08. The lowest BCUT2D eigenvalue weighted by Gasteiger charge is -2.14. The largest absolute Gasteiger partial charge is 0.327 e. The van der Waals surface area contributed by atoms with Crippen molar-refractivity contribution in [3.63, 3.8) is 0 Å². The molecule has 1 rings (SSSR count). The van der Waals surface area contributed by atoms with Crippen LogP contribution in [0.25, 0.3) is 0 Å². The second-order valence-electron chi connectivity index (χ2n) is 4.40. The van der Waals surface area contributed by atoms with Gasteiger partial charge in [-0.3, -0.25) is 4.98 Å². The molecular formula is C12H20N2. The zero-order chi connectivity index (χ0) is 10.6. The van der Waals surface area contributed by atoms with Gasteiger partial charge in [-0.25, -0.2) is 0 Å². The van der Waals surface area contributed by atoms with Gasteiger partial charge in [0.2, 0.25) is 0 Å². The van der Waals surface area contributed by atoms with Crippen LogP contribution in [0.3, 0.4) is 0 Å². The fourth-order valence-corrected chi connectivity index (χ4v) is 1.68. The minimum Gasteiger partial charge on any atom is -0.327 e. The Balaban J connectivity index is 2.56. The van der Waals surface area contributed by atoms with Gasteiger partial charge in [0.25, 0.3) is 0 Å². The van der Waals surface area contributed by atoms with Crippen LogP contribution in [0.15, 0.2) is 18.5 Å². The lowest BCUT2D eigenvalue weighted by molar-refractivity contribution is 0.492. The van der Waals surface area contributed by atoms with Crippen LogP contribution in [-0.4, -0.2) is 11.0 Å². The van der Waals surface area contributed by atoms with E-state index in [1.54, 1.807) is 0 Å². The van der Waals surface area contributed by atoms with Gasteiger partial charge in [0.05, 0.1) is 0 Å². The first-order chi connectivity index (χ1) is 6.59. The van der Waals surface area contributed by atoms with E-state index >= 15 is 0 Å². The summed E-state index contributed by atoms with van der Waals surface area (Å²) in [5.74, 6) is 0.668. The van der Waals surface area contributed by atoms with Gasteiger partial charge in [-0.1, -0.05) is 13.8 Å². The first kappa shape index (κ1) is 11.2. The molecule has 0 saturated heterocycles. The molecule has 0 aliphatic heterocycles. The molecule has 2 heteroatoms. The summed E-state index contributed by atoms with van der Waals surface area (Å²) in [5.41, 5.74) is 8.62. The standard InChI is InChI=1S/C12H20N2/c1-9(2)6-12(13)7-11-8-14-5-4-10(11)3/h4-5,8-9,12H,6-7,13H2,1-3H3. The molecule has 0 bridgehead atoms. The predicted octanol–water partition coefficient (Wildman–Crippen LogP) is 2.31. The van der Waals surface area contributed by atoms with Crippen LogP contribution < -0.4 is 5.73 Å². The minimum absolute atomic E-state index is 0.262. The third-order valence-corrected chi connectivity index (χ3v) is 2.40. The van der Waals surface area contributed by atoms with Gasteiger partial charge < -0.3 is 5.73 Å². The van der Waals surface area contributed by atoms with Crippen LogP contribution in [0.2, 0.25) is 0 Å². The molecule has 0 fully saturated rings. The van der Waals surface area contributed by atoms with Crippen LogP contribution in [0.5, 0.6) is 0 Å². The maximum absolute atomic E-state index is 6.05. The summed E-state index contributed by atoms with van der Waals surface area (Å²) < 4.78 is 0. The van der Waals surface area contributed by atoms with E-state index in [4.69, 9.17) is 5.73 Å². The molecule has 0 aliphatic rings. The van der Waals surface area contributed by atoms with Crippen molar-refractivity contribution in [3.8, 4) is 0 Å². The molecule has 0 amide bonds. The topological polar surface area (TPSA) is 38.9 Å². The quantitative estimate of drug-likeness (QED) is 0.795. The Morgan fingerprint density at radius 3 is 2.71 bits per heavy atom. The average molecular weight is 192 g/mol. The maximum atomic E-state index is 6.05. The zero-order valence-corrected chi connectivity index (χ0v) is 9.33. The van der Waals surface area contributed by atoms with E-state index in [9.17, 15) is 0 Å². The van der Waals surface area contributed by atoms with E-state index in [1.807, 2.05) is 18.5 Å². The molecule has 78 valence electrons. The van der Waals surface area contributed by atoms with Crippen LogP contribution >= 0.6 is 0 Å². The third-order valence-electron chi connectivity index (χ3n) is 2.40. The number of aromatic nitrogens is 1. The number of nitrogens with zero attached hydrogens (tertiary/aromatic N) is 1. The molecule has 1 atom stereocenters. The van der Waals surface area contributed by atoms with E-state index in [1.165, 1.54) is 11.1 Å². The summed E-state index contributed by atoms with van der Waals surface area (Å²) in [7, 11) is 0. The number of hydrogen-bond acceptors (Lipinski definition) is 2. The van der Waals surface area contributed by atoms with Crippen LogP contribution in [0, 0.1) is 12.8 Å². The lowest BCUT2D eigenvalue weighted by Crippen LogP contribution is -2.25. The number of hydrogen-bond donors (Lipinski definition) is 1. The first-order valence-corrected chi connectivity index (χ1v) is 5.24. The van der Waals surface area contributed by atoms with Crippen molar-refractivity contribution < 1.29 is 0 Å². The van der Waals surface area contributed by atoms with Crippen LogP contribution in [0.1, 0.15) is 31.4 Å². The second kappa shape index (κ2) is 5.11. The van der Waals surface area contributed by atoms with Crippen molar-refractivity contribution >= 4 is 0 Å². The molecule has 1 aromatic rings. The highest BCUT2D eigenvalue weighted by atomic mass is 14.6. The fourth-order valence-electron chi connectivity index (χ4n) is 1.68. The fraction of sp³-hybridized carbons (Fsp3) is 0.583. The highest BCUT2D eigenvalue weighted by molar-refractivity contribution is 5.22. The summed E-state index contributed by atoms with van der Waals surface area (Å²) in [6.45, 7) is 6.52. The maximum Gasteiger partial charge on any atom is 0.0303 e.